The Hall–Kier alpha value is -3.42. The Morgan fingerprint density at radius 3 is 2.70 bits per heavy atom. The third kappa shape index (κ3) is 7.05. The summed E-state index contributed by atoms with van der Waals surface area (Å²) in [5.41, 5.74) is 5.86. The number of thiazole rings is 1. The molecule has 2 aromatic rings. The molecule has 5 rings (SSSR count). The Bertz CT molecular complexity index is 1470. The van der Waals surface area contributed by atoms with E-state index in [1.165, 1.54) is 52.1 Å². The van der Waals surface area contributed by atoms with E-state index in [2.05, 4.69) is 25.7 Å². The van der Waals surface area contributed by atoms with Gasteiger partial charge in [0.2, 0.25) is 6.29 Å². The van der Waals surface area contributed by atoms with Crippen molar-refractivity contribution in [2.75, 3.05) is 17.2 Å². The smallest absolute Gasteiger partial charge is 0.431 e. The van der Waals surface area contributed by atoms with E-state index in [1.54, 1.807) is 0 Å². The van der Waals surface area contributed by atoms with Gasteiger partial charge in [-0.2, -0.15) is 0 Å². The minimum Gasteiger partial charge on any atom is -0.431 e. The Morgan fingerprint density at radius 1 is 1.28 bits per heavy atom. The van der Waals surface area contributed by atoms with Crippen molar-refractivity contribution in [3.63, 3.8) is 0 Å². The molecule has 43 heavy (non-hydrogen) atoms. The van der Waals surface area contributed by atoms with Crippen LogP contribution in [0, 0.1) is 6.92 Å². The molecule has 0 radical (unpaired) electrons. The van der Waals surface area contributed by atoms with Gasteiger partial charge >= 0.3 is 12.1 Å². The van der Waals surface area contributed by atoms with Gasteiger partial charge in [-0.15, -0.1) is 33.3 Å². The lowest BCUT2D eigenvalue weighted by atomic mass is 10.0. The number of aryl methyl sites for hydroxylation is 1. The fraction of sp³-hybridized carbons (Fsp3) is 0.500. The number of carbonyl (C=O) groups is 4. The molecule has 1 aliphatic carbocycles. The van der Waals surface area contributed by atoms with Crippen LogP contribution in [0.25, 0.3) is 0 Å². The molecule has 19 heteroatoms. The number of aromatic nitrogens is 3. The summed E-state index contributed by atoms with van der Waals surface area (Å²) in [6.45, 7) is 3.21. The predicted octanol–water partition coefficient (Wildman–Crippen LogP) is 2.49. The minimum absolute atomic E-state index is 0.00378. The first-order valence-electron chi connectivity index (χ1n) is 13.1. The topological polar surface area (TPSA) is 209 Å². The highest BCUT2D eigenvalue weighted by molar-refractivity contribution is 8.01. The van der Waals surface area contributed by atoms with Crippen LogP contribution < -0.4 is 11.1 Å². The van der Waals surface area contributed by atoms with Gasteiger partial charge in [0.05, 0.1) is 0 Å². The van der Waals surface area contributed by atoms with Crippen molar-refractivity contribution in [1.29, 1.82) is 0 Å². The quantitative estimate of drug-likeness (QED) is 0.0632. The fourth-order valence-electron chi connectivity index (χ4n) is 4.62. The zero-order chi connectivity index (χ0) is 30.7. The number of β-lactam (4-membered cyclic amide) rings is 1. The number of ether oxygens (including phenoxy) is 3. The maximum absolute atomic E-state index is 13.5. The molecular formula is C24H27N7O8S4. The van der Waals surface area contributed by atoms with Gasteiger partial charge in [0, 0.05) is 23.8 Å². The van der Waals surface area contributed by atoms with E-state index < -0.39 is 47.4 Å². The zero-order valence-electron chi connectivity index (χ0n) is 22.9. The van der Waals surface area contributed by atoms with E-state index in [0.717, 1.165) is 42.0 Å². The molecule has 2 aliphatic heterocycles. The molecule has 1 unspecified atom stereocenters. The lowest BCUT2D eigenvalue weighted by Crippen LogP contribution is -2.71. The second-order valence-electron chi connectivity index (χ2n) is 9.57. The lowest BCUT2D eigenvalue weighted by molar-refractivity contribution is -0.169. The van der Waals surface area contributed by atoms with Crippen LogP contribution in [0.4, 0.5) is 9.93 Å². The van der Waals surface area contributed by atoms with Crippen molar-refractivity contribution in [3.8, 4) is 0 Å². The number of hydrogen-bond donors (Lipinski definition) is 3. The first-order chi connectivity index (χ1) is 20.6. The van der Waals surface area contributed by atoms with Crippen LogP contribution >= 0.6 is 46.2 Å². The Balaban J connectivity index is 1.29. The van der Waals surface area contributed by atoms with E-state index in [-0.39, 0.29) is 22.6 Å². The number of oxime groups is 1. The van der Waals surface area contributed by atoms with E-state index in [9.17, 15) is 24.4 Å². The molecule has 0 bridgehead atoms. The summed E-state index contributed by atoms with van der Waals surface area (Å²) in [4.78, 5) is 57.1. The molecule has 4 N–H and O–H groups in total. The van der Waals surface area contributed by atoms with Gasteiger partial charge in [0.25, 0.3) is 11.8 Å². The lowest BCUT2D eigenvalue weighted by Gasteiger charge is -2.49. The van der Waals surface area contributed by atoms with Crippen LogP contribution in [0.2, 0.25) is 0 Å². The highest BCUT2D eigenvalue weighted by Crippen LogP contribution is 2.42. The van der Waals surface area contributed by atoms with Gasteiger partial charge in [0.1, 0.15) is 33.9 Å². The standard InChI is InChI=1S/C24H27N7O8S4/c1-10-28-29-23(43-10)42-8-12-7-40-20-16(27-18(32)15(30-36)14-9-41-22(25)26-14)19(33)31(20)17(12)21(34)37-11(2)38-24(35)39-13-5-3-4-6-13/h9,11,13,16,20,36H,3-8H2,1-2H3,(H2,25,26)(H,27,32)/b30-15-/t11?,16-,20+/m1/s1. The molecule has 0 aromatic carbocycles. The van der Waals surface area contributed by atoms with Crippen LogP contribution in [-0.2, 0) is 28.6 Å². The Morgan fingerprint density at radius 2 is 2.05 bits per heavy atom. The van der Waals surface area contributed by atoms with Crippen LogP contribution in [0.5, 0.6) is 0 Å². The number of fused-ring (bicyclic) bond motifs is 1. The summed E-state index contributed by atoms with van der Waals surface area (Å²) in [7, 11) is 0. The van der Waals surface area contributed by atoms with Crippen LogP contribution in [0.15, 0.2) is 26.1 Å². The molecule has 3 atom stereocenters. The summed E-state index contributed by atoms with van der Waals surface area (Å²) in [5.74, 6) is -1.64. The maximum Gasteiger partial charge on any atom is 0.511 e. The zero-order valence-corrected chi connectivity index (χ0v) is 26.1. The average Bonchev–Trinajstić information content (AvgIpc) is 3.73. The molecule has 230 valence electrons. The summed E-state index contributed by atoms with van der Waals surface area (Å²) < 4.78 is 16.5. The molecule has 15 nitrogen and oxygen atoms in total. The van der Waals surface area contributed by atoms with Gasteiger partial charge in [-0.05, 0) is 38.2 Å². The highest BCUT2D eigenvalue weighted by atomic mass is 32.2. The van der Waals surface area contributed by atoms with E-state index in [0.29, 0.717) is 21.4 Å². The van der Waals surface area contributed by atoms with Crippen molar-refractivity contribution in [1.82, 2.24) is 25.4 Å². The van der Waals surface area contributed by atoms with Gasteiger partial charge in [-0.1, -0.05) is 28.3 Å². The molecule has 3 aliphatic rings. The van der Waals surface area contributed by atoms with Crippen LogP contribution in [0.3, 0.4) is 0 Å². The number of thioether (sulfide) groups is 2. The summed E-state index contributed by atoms with van der Waals surface area (Å²) in [6.07, 6.45) is 0.981. The predicted molar refractivity (Wildman–Crippen MR) is 158 cm³/mol. The van der Waals surface area contributed by atoms with E-state index >= 15 is 0 Å². The number of amides is 2. The summed E-state index contributed by atoms with van der Waals surface area (Å²) in [5, 5.41) is 24.8. The molecular weight excluding hydrogens is 643 g/mol. The summed E-state index contributed by atoms with van der Waals surface area (Å²) >= 11 is 5.15. The number of nitrogens with zero attached hydrogens (tertiary/aromatic N) is 5. The minimum atomic E-state index is -1.29. The third-order valence-electron chi connectivity index (χ3n) is 6.58. The summed E-state index contributed by atoms with van der Waals surface area (Å²) in [6, 6.07) is -1.02. The van der Waals surface area contributed by atoms with E-state index in [1.807, 2.05) is 6.92 Å². The van der Waals surface area contributed by atoms with Gasteiger partial charge in [-0.25, -0.2) is 14.6 Å². The monoisotopic (exact) mass is 669 g/mol. The first kappa shape index (κ1) is 31.0. The first-order valence-corrected chi connectivity index (χ1v) is 16.8. The number of esters is 1. The van der Waals surface area contributed by atoms with Crippen LogP contribution in [-0.4, -0.2) is 90.3 Å². The Kier molecular flexibility index (Phi) is 9.72. The second-order valence-corrected chi connectivity index (χ2v) is 14.0. The number of nitrogens with one attached hydrogen (secondary N) is 1. The number of anilines is 1. The normalized spacial score (nSPS) is 21.2. The SMILES string of the molecule is Cc1nnc(SCC2=C(C(=O)OC(C)OC(=O)OC3CCCC3)N3C(=O)[C@@H](NC(=O)/C(=N\O)c4csc(N)n4)[C@@H]3SC2)s1. The van der Waals surface area contributed by atoms with Gasteiger partial charge in [-0.3, -0.25) is 14.5 Å². The number of rotatable bonds is 10. The molecule has 4 heterocycles. The fourth-order valence-corrected chi connectivity index (χ4v) is 8.47. The number of nitrogen functional groups attached to an aromatic ring is 1. The van der Waals surface area contributed by atoms with Crippen molar-refractivity contribution < 1.29 is 38.6 Å². The van der Waals surface area contributed by atoms with Crippen LogP contribution in [0.1, 0.15) is 43.3 Å². The van der Waals surface area contributed by atoms with Gasteiger partial charge < -0.3 is 30.5 Å². The third-order valence-corrected chi connectivity index (χ3v) is 10.7. The Labute approximate surface area is 261 Å². The van der Waals surface area contributed by atoms with Crippen molar-refractivity contribution >= 4 is 81.0 Å². The molecule has 2 fully saturated rings. The molecule has 2 amide bonds. The largest absolute Gasteiger partial charge is 0.511 e. The van der Waals surface area contributed by atoms with Crippen molar-refractivity contribution in [3.05, 3.63) is 27.4 Å². The van der Waals surface area contributed by atoms with Gasteiger partial charge in [0.15, 0.2) is 15.2 Å². The van der Waals surface area contributed by atoms with Crippen molar-refractivity contribution in [2.24, 2.45) is 5.16 Å². The molecule has 0 spiro atoms. The average molecular weight is 670 g/mol. The molecule has 1 saturated heterocycles. The second kappa shape index (κ2) is 13.5. The highest BCUT2D eigenvalue weighted by Gasteiger charge is 2.55. The number of carbonyl (C=O) groups excluding carboxylic acids is 4. The maximum atomic E-state index is 13.5. The molecule has 1 saturated carbocycles. The van der Waals surface area contributed by atoms with Crippen molar-refractivity contribution in [2.45, 2.75) is 67.7 Å². The number of nitrogens with two attached hydrogens (primary N) is 1. The van der Waals surface area contributed by atoms with E-state index in [4.69, 9.17) is 19.9 Å². The molecule has 2 aromatic heterocycles. The number of hydrogen-bond acceptors (Lipinski definition) is 17.